The number of hydrogen-bond acceptors (Lipinski definition) is 4. The van der Waals surface area contributed by atoms with Crippen molar-refractivity contribution in [2.45, 2.75) is 32.2 Å². The molecule has 5 heteroatoms. The number of hydrogen-bond donors (Lipinski definition) is 2. The van der Waals surface area contributed by atoms with E-state index in [2.05, 4.69) is 25.3 Å². The molecule has 15 heavy (non-hydrogen) atoms. The molecule has 1 saturated carbocycles. The molecule has 0 aromatic carbocycles. The van der Waals surface area contributed by atoms with E-state index in [0.717, 1.165) is 22.8 Å². The van der Waals surface area contributed by atoms with E-state index in [1.165, 1.54) is 19.3 Å². The summed E-state index contributed by atoms with van der Waals surface area (Å²) in [5, 5.41) is 3.43. The molecule has 5 nitrogen and oxygen atoms in total. The Labute approximate surface area is 87.3 Å². The second-order valence-electron chi connectivity index (χ2n) is 3.99. The molecule has 0 saturated heterocycles. The third-order valence-electron chi connectivity index (χ3n) is 2.84. The number of aromatic nitrogens is 4. The van der Waals surface area contributed by atoms with Gasteiger partial charge in [0.05, 0.1) is 6.33 Å². The first-order chi connectivity index (χ1) is 7.33. The highest BCUT2D eigenvalue weighted by Gasteiger charge is 2.19. The Morgan fingerprint density at radius 2 is 2.27 bits per heavy atom. The van der Waals surface area contributed by atoms with E-state index < -0.39 is 0 Å². The third kappa shape index (κ3) is 1.44. The average Bonchev–Trinajstić information content (AvgIpc) is 2.58. The van der Waals surface area contributed by atoms with Crippen LogP contribution in [0.3, 0.4) is 0 Å². The van der Waals surface area contributed by atoms with Crippen LogP contribution in [0.15, 0.2) is 6.33 Å². The predicted molar refractivity (Wildman–Crippen MR) is 57.7 cm³/mol. The van der Waals surface area contributed by atoms with Crippen LogP contribution in [-0.2, 0) is 0 Å². The summed E-state index contributed by atoms with van der Waals surface area (Å²) in [6.07, 6.45) is 5.44. The lowest BCUT2D eigenvalue weighted by Gasteiger charge is -2.27. The van der Waals surface area contributed by atoms with Crippen molar-refractivity contribution in [2.24, 2.45) is 0 Å². The van der Waals surface area contributed by atoms with Crippen LogP contribution >= 0.6 is 0 Å². The monoisotopic (exact) mass is 203 g/mol. The zero-order valence-corrected chi connectivity index (χ0v) is 8.62. The minimum Gasteiger partial charge on any atom is -0.365 e. The second kappa shape index (κ2) is 3.18. The maximum Gasteiger partial charge on any atom is 0.183 e. The van der Waals surface area contributed by atoms with Gasteiger partial charge in [0.1, 0.15) is 11.3 Å². The highest BCUT2D eigenvalue weighted by Crippen LogP contribution is 2.25. The van der Waals surface area contributed by atoms with Gasteiger partial charge in [0.15, 0.2) is 11.5 Å². The normalized spacial score (nSPS) is 16.6. The number of anilines is 1. The van der Waals surface area contributed by atoms with Gasteiger partial charge < -0.3 is 10.3 Å². The van der Waals surface area contributed by atoms with Crippen LogP contribution in [0.5, 0.6) is 0 Å². The number of nitrogens with zero attached hydrogens (tertiary/aromatic N) is 3. The summed E-state index contributed by atoms with van der Waals surface area (Å²) in [6.45, 7) is 1.89. The van der Waals surface area contributed by atoms with Crippen molar-refractivity contribution in [2.75, 3.05) is 5.32 Å². The Kier molecular flexibility index (Phi) is 1.83. The van der Waals surface area contributed by atoms with Crippen LogP contribution in [0.1, 0.15) is 25.1 Å². The molecule has 0 atom stereocenters. The molecule has 2 aromatic heterocycles. The third-order valence-corrected chi connectivity index (χ3v) is 2.84. The van der Waals surface area contributed by atoms with Gasteiger partial charge in [-0.2, -0.15) is 0 Å². The fourth-order valence-corrected chi connectivity index (χ4v) is 1.79. The molecule has 2 aromatic rings. The summed E-state index contributed by atoms with van der Waals surface area (Å²) in [7, 11) is 0. The van der Waals surface area contributed by atoms with Gasteiger partial charge in [-0.3, -0.25) is 0 Å². The quantitative estimate of drug-likeness (QED) is 0.778. The van der Waals surface area contributed by atoms with E-state index in [1.54, 1.807) is 6.33 Å². The molecule has 0 radical (unpaired) electrons. The van der Waals surface area contributed by atoms with Gasteiger partial charge in [0.2, 0.25) is 0 Å². The molecule has 0 spiro atoms. The smallest absolute Gasteiger partial charge is 0.183 e. The van der Waals surface area contributed by atoms with Gasteiger partial charge in [-0.1, -0.05) is 0 Å². The van der Waals surface area contributed by atoms with E-state index in [9.17, 15) is 0 Å². The maximum absolute atomic E-state index is 4.40. The molecular formula is C10H13N5. The number of fused-ring (bicyclic) bond motifs is 1. The van der Waals surface area contributed by atoms with Gasteiger partial charge in [0.25, 0.3) is 0 Å². The summed E-state index contributed by atoms with van der Waals surface area (Å²) in [5.74, 6) is 1.65. The maximum atomic E-state index is 4.40. The minimum absolute atomic E-state index is 0.575. The Morgan fingerprint density at radius 3 is 3.00 bits per heavy atom. The zero-order valence-electron chi connectivity index (χ0n) is 8.62. The average molecular weight is 203 g/mol. The summed E-state index contributed by atoms with van der Waals surface area (Å²) >= 11 is 0. The highest BCUT2D eigenvalue weighted by atomic mass is 15.1. The van der Waals surface area contributed by atoms with Crippen LogP contribution in [0.25, 0.3) is 11.2 Å². The van der Waals surface area contributed by atoms with Crippen LogP contribution in [0.4, 0.5) is 5.82 Å². The van der Waals surface area contributed by atoms with E-state index in [-0.39, 0.29) is 0 Å². The van der Waals surface area contributed by atoms with Gasteiger partial charge in [-0.05, 0) is 26.2 Å². The lowest BCUT2D eigenvalue weighted by atomic mass is 9.93. The van der Waals surface area contributed by atoms with Gasteiger partial charge in [0, 0.05) is 6.04 Å². The van der Waals surface area contributed by atoms with Crippen molar-refractivity contribution in [3.63, 3.8) is 0 Å². The molecule has 2 heterocycles. The molecule has 0 bridgehead atoms. The molecule has 78 valence electrons. The molecule has 0 amide bonds. The zero-order chi connectivity index (χ0) is 10.3. The van der Waals surface area contributed by atoms with Crippen LogP contribution in [0, 0.1) is 6.92 Å². The summed E-state index contributed by atoms with van der Waals surface area (Å²) < 4.78 is 0. The van der Waals surface area contributed by atoms with Gasteiger partial charge >= 0.3 is 0 Å². The number of rotatable bonds is 2. The fraction of sp³-hybridized carbons (Fsp3) is 0.500. The van der Waals surface area contributed by atoms with Crippen molar-refractivity contribution < 1.29 is 0 Å². The number of aryl methyl sites for hydroxylation is 1. The summed E-state index contributed by atoms with van der Waals surface area (Å²) in [6, 6.07) is 0.575. The molecular weight excluding hydrogens is 190 g/mol. The van der Waals surface area contributed by atoms with Crippen LogP contribution < -0.4 is 5.32 Å². The predicted octanol–water partition coefficient (Wildman–Crippen LogP) is 1.63. The van der Waals surface area contributed by atoms with Crippen molar-refractivity contribution in [3.05, 3.63) is 12.2 Å². The molecule has 3 rings (SSSR count). The molecule has 2 N–H and O–H groups in total. The molecule has 0 aliphatic heterocycles. The SMILES string of the molecule is Cc1nc(NC2CCC2)c2[nH]cnc2n1. The first-order valence-electron chi connectivity index (χ1n) is 5.27. The van der Waals surface area contributed by atoms with E-state index in [4.69, 9.17) is 0 Å². The number of imidazole rings is 1. The topological polar surface area (TPSA) is 66.5 Å². The molecule has 1 fully saturated rings. The minimum atomic E-state index is 0.575. The fourth-order valence-electron chi connectivity index (χ4n) is 1.79. The Balaban J connectivity index is 2.02. The number of H-pyrrole nitrogens is 1. The van der Waals surface area contributed by atoms with E-state index >= 15 is 0 Å². The van der Waals surface area contributed by atoms with Gasteiger partial charge in [-0.15, -0.1) is 0 Å². The largest absolute Gasteiger partial charge is 0.365 e. The highest BCUT2D eigenvalue weighted by molar-refractivity contribution is 5.82. The Morgan fingerprint density at radius 1 is 1.40 bits per heavy atom. The first-order valence-corrected chi connectivity index (χ1v) is 5.27. The Bertz CT molecular complexity index is 486. The Hall–Kier alpha value is -1.65. The molecule has 1 aliphatic rings. The molecule has 1 aliphatic carbocycles. The number of aromatic amines is 1. The van der Waals surface area contributed by atoms with Crippen LogP contribution in [-0.4, -0.2) is 26.0 Å². The summed E-state index contributed by atoms with van der Waals surface area (Å²) in [5.41, 5.74) is 1.65. The van der Waals surface area contributed by atoms with E-state index in [0.29, 0.717) is 6.04 Å². The van der Waals surface area contributed by atoms with Crippen LogP contribution in [0.2, 0.25) is 0 Å². The van der Waals surface area contributed by atoms with Gasteiger partial charge in [-0.25, -0.2) is 15.0 Å². The molecule has 0 unspecified atom stereocenters. The van der Waals surface area contributed by atoms with Crippen molar-refractivity contribution in [1.82, 2.24) is 19.9 Å². The van der Waals surface area contributed by atoms with Crippen molar-refractivity contribution in [1.29, 1.82) is 0 Å². The summed E-state index contributed by atoms with van der Waals surface area (Å²) in [4.78, 5) is 15.9. The van der Waals surface area contributed by atoms with Crippen molar-refractivity contribution >= 4 is 17.0 Å². The van der Waals surface area contributed by atoms with E-state index in [1.807, 2.05) is 6.92 Å². The lowest BCUT2D eigenvalue weighted by molar-refractivity contribution is 0.444. The second-order valence-corrected chi connectivity index (χ2v) is 3.99. The lowest BCUT2D eigenvalue weighted by Crippen LogP contribution is -2.27. The van der Waals surface area contributed by atoms with Crippen molar-refractivity contribution in [3.8, 4) is 0 Å². The first kappa shape index (κ1) is 8.64. The standard InChI is InChI=1S/C10H13N5/c1-6-13-9-8(11-5-12-9)10(14-6)15-7-3-2-4-7/h5,7H,2-4H2,1H3,(H2,11,12,13,14,15). The number of nitrogens with one attached hydrogen (secondary N) is 2.